The van der Waals surface area contributed by atoms with Crippen LogP contribution in [0.2, 0.25) is 10.0 Å². The topological polar surface area (TPSA) is 21.3 Å². The molecule has 2 nitrogen and oxygen atoms in total. The average molecular weight is 302 g/mol. The van der Waals surface area contributed by atoms with Gasteiger partial charge in [0.15, 0.2) is 0 Å². The molecule has 18 heavy (non-hydrogen) atoms. The fourth-order valence-electron chi connectivity index (χ4n) is 2.40. The number of likely N-dealkylation sites (N-methyl/N-ethyl adjacent to an activating group) is 1. The minimum atomic E-state index is 0.147. The Labute approximate surface area is 120 Å². The van der Waals surface area contributed by atoms with Gasteiger partial charge in [0.2, 0.25) is 0 Å². The molecule has 0 spiro atoms. The Morgan fingerprint density at radius 2 is 2.17 bits per heavy atom. The monoisotopic (exact) mass is 301 g/mol. The van der Waals surface area contributed by atoms with Gasteiger partial charge in [-0.3, -0.25) is 0 Å². The Kier molecular flexibility index (Phi) is 3.52. The van der Waals surface area contributed by atoms with Gasteiger partial charge in [0.05, 0.1) is 16.7 Å². The second kappa shape index (κ2) is 4.99. The van der Waals surface area contributed by atoms with E-state index in [0.717, 1.165) is 19.6 Å². The molecule has 1 N–H and O–H groups in total. The van der Waals surface area contributed by atoms with Crippen LogP contribution in [0.25, 0.3) is 10.1 Å². The van der Waals surface area contributed by atoms with E-state index in [1.807, 2.05) is 19.2 Å². The van der Waals surface area contributed by atoms with Crippen LogP contribution in [0.3, 0.4) is 0 Å². The second-order valence-electron chi connectivity index (χ2n) is 4.37. The molecule has 0 amide bonds. The molecule has 0 radical (unpaired) electrons. The lowest BCUT2D eigenvalue weighted by molar-refractivity contribution is 0.0472. The maximum atomic E-state index is 6.11. The van der Waals surface area contributed by atoms with Crippen LogP contribution in [0.1, 0.15) is 16.5 Å². The van der Waals surface area contributed by atoms with Crippen molar-refractivity contribution in [2.45, 2.75) is 12.5 Å². The van der Waals surface area contributed by atoms with Crippen LogP contribution in [0.15, 0.2) is 12.1 Å². The molecule has 3 rings (SSSR count). The average Bonchev–Trinajstić information content (AvgIpc) is 2.70. The number of hydrogen-bond donors (Lipinski definition) is 1. The van der Waals surface area contributed by atoms with Crippen LogP contribution < -0.4 is 5.32 Å². The van der Waals surface area contributed by atoms with E-state index in [1.165, 1.54) is 20.5 Å². The molecular weight excluding hydrogens is 289 g/mol. The van der Waals surface area contributed by atoms with Gasteiger partial charge in [-0.1, -0.05) is 23.2 Å². The summed E-state index contributed by atoms with van der Waals surface area (Å²) in [5, 5.41) is 5.65. The van der Waals surface area contributed by atoms with Crippen molar-refractivity contribution in [3.63, 3.8) is 0 Å². The summed E-state index contributed by atoms with van der Waals surface area (Å²) in [6, 6.07) is 3.94. The van der Waals surface area contributed by atoms with Crippen molar-refractivity contribution < 1.29 is 4.74 Å². The van der Waals surface area contributed by atoms with Crippen LogP contribution in [0.4, 0.5) is 0 Å². The van der Waals surface area contributed by atoms with Crippen molar-refractivity contribution in [1.29, 1.82) is 0 Å². The fraction of sp³-hybridized carbons (Fsp3) is 0.385. The highest BCUT2D eigenvalue weighted by atomic mass is 35.5. The minimum Gasteiger partial charge on any atom is -0.371 e. The predicted molar refractivity (Wildman–Crippen MR) is 78.2 cm³/mol. The Balaban J connectivity index is 2.17. The van der Waals surface area contributed by atoms with Crippen molar-refractivity contribution in [1.82, 2.24) is 5.32 Å². The summed E-state index contributed by atoms with van der Waals surface area (Å²) in [6.07, 6.45) is 1.10. The third-order valence-corrected chi connectivity index (χ3v) is 5.23. The van der Waals surface area contributed by atoms with Gasteiger partial charge in [-0.2, -0.15) is 0 Å². The van der Waals surface area contributed by atoms with E-state index in [2.05, 4.69) is 5.32 Å². The summed E-state index contributed by atoms with van der Waals surface area (Å²) in [5.74, 6) is 0. The van der Waals surface area contributed by atoms with Crippen LogP contribution in [-0.2, 0) is 11.2 Å². The number of nitrogens with one attached hydrogen (secondary N) is 1. The van der Waals surface area contributed by atoms with Gasteiger partial charge >= 0.3 is 0 Å². The zero-order chi connectivity index (χ0) is 12.7. The zero-order valence-corrected chi connectivity index (χ0v) is 12.3. The van der Waals surface area contributed by atoms with E-state index in [0.29, 0.717) is 10.0 Å². The Morgan fingerprint density at radius 3 is 2.94 bits per heavy atom. The number of hydrogen-bond acceptors (Lipinski definition) is 3. The third-order valence-electron chi connectivity index (χ3n) is 3.22. The molecule has 1 aromatic carbocycles. The molecule has 0 saturated heterocycles. The number of halogens is 2. The van der Waals surface area contributed by atoms with E-state index in [9.17, 15) is 0 Å². The van der Waals surface area contributed by atoms with Gasteiger partial charge in [0.1, 0.15) is 6.10 Å². The quantitative estimate of drug-likeness (QED) is 0.904. The Morgan fingerprint density at radius 1 is 1.39 bits per heavy atom. The number of rotatable bonds is 2. The van der Waals surface area contributed by atoms with E-state index in [1.54, 1.807) is 11.3 Å². The first kappa shape index (κ1) is 12.7. The highest BCUT2D eigenvalue weighted by Gasteiger charge is 2.25. The summed E-state index contributed by atoms with van der Waals surface area (Å²) < 4.78 is 7.01. The fourth-order valence-corrected chi connectivity index (χ4v) is 4.11. The summed E-state index contributed by atoms with van der Waals surface area (Å²) in [7, 11) is 1.94. The largest absolute Gasteiger partial charge is 0.371 e. The second-order valence-corrected chi connectivity index (χ2v) is 6.27. The van der Waals surface area contributed by atoms with Crippen molar-refractivity contribution in [3.8, 4) is 0 Å². The van der Waals surface area contributed by atoms with Gasteiger partial charge in [0, 0.05) is 16.1 Å². The zero-order valence-electron chi connectivity index (χ0n) is 9.93. The van der Waals surface area contributed by atoms with Crippen molar-refractivity contribution in [3.05, 3.63) is 32.6 Å². The van der Waals surface area contributed by atoms with Crippen LogP contribution >= 0.6 is 34.5 Å². The first-order valence-corrected chi connectivity index (χ1v) is 7.44. The smallest absolute Gasteiger partial charge is 0.104 e. The lowest BCUT2D eigenvalue weighted by Gasteiger charge is -2.22. The van der Waals surface area contributed by atoms with Gasteiger partial charge in [0.25, 0.3) is 0 Å². The van der Waals surface area contributed by atoms with Crippen molar-refractivity contribution in [2.75, 3.05) is 20.2 Å². The lowest BCUT2D eigenvalue weighted by atomic mass is 10.0. The van der Waals surface area contributed by atoms with Gasteiger partial charge in [-0.05, 0) is 36.6 Å². The standard InChI is InChI=1S/C13H13Cl2NOS/c1-16-6-11-13-7(2-3-17-11)8-4-9(14)10(15)5-12(8)18-13/h4-5,11,16H,2-3,6H2,1H3. The first-order valence-electron chi connectivity index (χ1n) is 5.87. The van der Waals surface area contributed by atoms with Crippen LogP contribution in [0.5, 0.6) is 0 Å². The normalized spacial score (nSPS) is 19.2. The number of thiophene rings is 1. The van der Waals surface area contributed by atoms with E-state index < -0.39 is 0 Å². The molecule has 2 aromatic rings. The summed E-state index contributed by atoms with van der Waals surface area (Å²) in [4.78, 5) is 1.31. The lowest BCUT2D eigenvalue weighted by Crippen LogP contribution is -2.23. The van der Waals surface area contributed by atoms with E-state index in [4.69, 9.17) is 27.9 Å². The summed E-state index contributed by atoms with van der Waals surface area (Å²) >= 11 is 14.0. The molecule has 0 aliphatic carbocycles. The molecule has 1 atom stereocenters. The van der Waals surface area contributed by atoms with Gasteiger partial charge in [-0.25, -0.2) is 0 Å². The van der Waals surface area contributed by atoms with Gasteiger partial charge in [-0.15, -0.1) is 11.3 Å². The molecule has 0 bridgehead atoms. The molecule has 0 fully saturated rings. The van der Waals surface area contributed by atoms with Gasteiger partial charge < -0.3 is 10.1 Å². The van der Waals surface area contributed by atoms with E-state index >= 15 is 0 Å². The molecule has 0 saturated carbocycles. The van der Waals surface area contributed by atoms with E-state index in [-0.39, 0.29) is 6.10 Å². The van der Waals surface area contributed by atoms with Crippen molar-refractivity contribution in [2.24, 2.45) is 0 Å². The molecule has 96 valence electrons. The molecule has 1 aliphatic rings. The highest BCUT2D eigenvalue weighted by Crippen LogP contribution is 2.42. The molecule has 1 aliphatic heterocycles. The number of ether oxygens (including phenoxy) is 1. The molecule has 2 heterocycles. The van der Waals surface area contributed by atoms with Crippen molar-refractivity contribution >= 4 is 44.6 Å². The Hall–Kier alpha value is -0.320. The third kappa shape index (κ3) is 2.04. The molecular formula is C13H13Cl2NOS. The molecule has 1 aromatic heterocycles. The summed E-state index contributed by atoms with van der Waals surface area (Å²) in [6.45, 7) is 1.60. The maximum Gasteiger partial charge on any atom is 0.104 e. The number of benzene rings is 1. The molecule has 5 heteroatoms. The van der Waals surface area contributed by atoms with Crippen LogP contribution in [-0.4, -0.2) is 20.2 Å². The summed E-state index contributed by atoms with van der Waals surface area (Å²) in [5.41, 5.74) is 1.38. The highest BCUT2D eigenvalue weighted by molar-refractivity contribution is 7.19. The van der Waals surface area contributed by atoms with Crippen LogP contribution in [0, 0.1) is 0 Å². The Bertz CT molecular complexity index is 596. The maximum absolute atomic E-state index is 6.11. The predicted octanol–water partition coefficient (Wildman–Crippen LogP) is 4.04. The minimum absolute atomic E-state index is 0.147. The first-order chi connectivity index (χ1) is 8.70. The number of fused-ring (bicyclic) bond motifs is 3. The SMILES string of the molecule is CNCC1OCCc2c1sc1cc(Cl)c(Cl)cc21. The molecule has 1 unspecified atom stereocenters.